The Morgan fingerprint density at radius 1 is 0.974 bits per heavy atom. The average Bonchev–Trinajstić information content (AvgIpc) is 3.35. The normalized spacial score (nSPS) is 14.2. The van der Waals surface area contributed by atoms with E-state index in [-0.39, 0.29) is 12.3 Å². The maximum absolute atomic E-state index is 13.4. The quantitative estimate of drug-likeness (QED) is 0.269. The van der Waals surface area contributed by atoms with Crippen LogP contribution in [0.15, 0.2) is 47.8 Å². The Balaban J connectivity index is 1.33. The molecule has 39 heavy (non-hydrogen) atoms. The third-order valence-corrected chi connectivity index (χ3v) is 7.94. The van der Waals surface area contributed by atoms with Crippen LogP contribution >= 0.6 is 22.9 Å². The second-order valence-corrected chi connectivity index (χ2v) is 11.3. The summed E-state index contributed by atoms with van der Waals surface area (Å²) in [5.41, 5.74) is 5.47. The first-order valence-electron chi connectivity index (χ1n) is 13.1. The summed E-state index contributed by atoms with van der Waals surface area (Å²) >= 11 is 7.75. The zero-order chi connectivity index (χ0) is 27.4. The van der Waals surface area contributed by atoms with Gasteiger partial charge in [-0.05, 0) is 56.5 Å². The van der Waals surface area contributed by atoms with Crippen molar-refractivity contribution in [3.8, 4) is 11.3 Å². The van der Waals surface area contributed by atoms with Gasteiger partial charge in [0.25, 0.3) is 5.91 Å². The molecule has 1 aliphatic rings. The molecule has 0 bridgehead atoms. The van der Waals surface area contributed by atoms with Gasteiger partial charge in [0.05, 0.1) is 33.1 Å². The minimum atomic E-state index is -0.806. The predicted molar refractivity (Wildman–Crippen MR) is 153 cm³/mol. The molecular formula is C29H30ClN5O3S. The number of fused-ring (bicyclic) bond motifs is 1. The van der Waals surface area contributed by atoms with E-state index >= 15 is 0 Å². The summed E-state index contributed by atoms with van der Waals surface area (Å²) in [5.74, 6) is -0.813. The highest BCUT2D eigenvalue weighted by Crippen LogP contribution is 2.27. The standard InChI is InChI=1S/C29H30ClN5O3S/c1-19-31-23(18-39-19)17-34-12-14-35(15-13-34)29(38)21-8-11-24-26(16-21)32-25(4-2-3-5-27(36)37)28(33-24)20-6-9-22(30)10-7-20/h6-11,16,18H,2-5,12-15,17H2,1H3,(H,36,37). The van der Waals surface area contributed by atoms with E-state index in [9.17, 15) is 9.59 Å². The highest BCUT2D eigenvalue weighted by atomic mass is 35.5. The number of hydrogen-bond donors (Lipinski definition) is 1. The average molecular weight is 564 g/mol. The summed E-state index contributed by atoms with van der Waals surface area (Å²) in [4.78, 5) is 42.9. The lowest BCUT2D eigenvalue weighted by Crippen LogP contribution is -2.48. The number of hydrogen-bond acceptors (Lipinski definition) is 7. The van der Waals surface area contributed by atoms with Gasteiger partial charge >= 0.3 is 5.97 Å². The predicted octanol–water partition coefficient (Wildman–Crippen LogP) is 5.47. The number of carboxylic acids is 1. The van der Waals surface area contributed by atoms with Gasteiger partial charge in [0.15, 0.2) is 0 Å². The van der Waals surface area contributed by atoms with E-state index < -0.39 is 5.97 Å². The number of piperazine rings is 1. The van der Waals surface area contributed by atoms with Gasteiger partial charge in [-0.25, -0.2) is 15.0 Å². The SMILES string of the molecule is Cc1nc(CN2CCN(C(=O)c3ccc4nc(-c5ccc(Cl)cc5)c(CCCCC(=O)O)nc4c3)CC2)cs1. The van der Waals surface area contributed by atoms with E-state index in [0.717, 1.165) is 47.3 Å². The fourth-order valence-electron chi connectivity index (χ4n) is 4.81. The molecule has 0 atom stereocenters. The molecule has 202 valence electrons. The number of aromatic nitrogens is 3. The number of unbranched alkanes of at least 4 members (excludes halogenated alkanes) is 1. The molecule has 0 unspecified atom stereocenters. The highest BCUT2D eigenvalue weighted by molar-refractivity contribution is 7.09. The third kappa shape index (κ3) is 6.79. The highest BCUT2D eigenvalue weighted by Gasteiger charge is 2.23. The first-order valence-corrected chi connectivity index (χ1v) is 14.3. The van der Waals surface area contributed by atoms with Crippen LogP contribution in [0.5, 0.6) is 0 Å². The molecule has 2 aromatic carbocycles. The van der Waals surface area contributed by atoms with Crippen molar-refractivity contribution >= 4 is 45.8 Å². The summed E-state index contributed by atoms with van der Waals surface area (Å²) < 4.78 is 0. The molecule has 1 N–H and O–H groups in total. The van der Waals surface area contributed by atoms with E-state index in [4.69, 9.17) is 26.7 Å². The number of benzene rings is 2. The largest absolute Gasteiger partial charge is 0.481 e. The molecule has 0 radical (unpaired) electrons. The van der Waals surface area contributed by atoms with E-state index in [1.807, 2.05) is 54.3 Å². The fraction of sp³-hybridized carbons (Fsp3) is 0.345. The fourth-order valence-corrected chi connectivity index (χ4v) is 5.54. The molecule has 8 nitrogen and oxygen atoms in total. The van der Waals surface area contributed by atoms with Crippen molar-refractivity contribution in [2.75, 3.05) is 26.2 Å². The van der Waals surface area contributed by atoms with Crippen molar-refractivity contribution < 1.29 is 14.7 Å². The first-order chi connectivity index (χ1) is 18.9. The maximum Gasteiger partial charge on any atom is 0.303 e. The van der Waals surface area contributed by atoms with Crippen molar-refractivity contribution in [2.45, 2.75) is 39.2 Å². The molecule has 0 spiro atoms. The lowest BCUT2D eigenvalue weighted by atomic mass is 10.0. The van der Waals surface area contributed by atoms with Gasteiger partial charge in [0.1, 0.15) is 0 Å². The lowest BCUT2D eigenvalue weighted by molar-refractivity contribution is -0.137. The van der Waals surface area contributed by atoms with Crippen molar-refractivity contribution in [3.63, 3.8) is 0 Å². The Labute approximate surface area is 236 Å². The number of carboxylic acid groups (broad SMARTS) is 1. The smallest absolute Gasteiger partial charge is 0.303 e. The van der Waals surface area contributed by atoms with E-state index in [1.54, 1.807) is 11.3 Å². The Hall–Kier alpha value is -3.40. The van der Waals surface area contributed by atoms with Crippen molar-refractivity contribution in [2.24, 2.45) is 0 Å². The van der Waals surface area contributed by atoms with Crippen LogP contribution in [0.1, 0.15) is 46.0 Å². The van der Waals surface area contributed by atoms with Crippen LogP contribution in [-0.4, -0.2) is 67.9 Å². The van der Waals surface area contributed by atoms with Gasteiger partial charge < -0.3 is 10.0 Å². The Kier molecular flexibility index (Phi) is 8.50. The minimum Gasteiger partial charge on any atom is -0.481 e. The zero-order valence-corrected chi connectivity index (χ0v) is 23.3. The Morgan fingerprint density at radius 2 is 1.74 bits per heavy atom. The zero-order valence-electron chi connectivity index (χ0n) is 21.8. The van der Waals surface area contributed by atoms with Crippen LogP contribution in [0, 0.1) is 6.92 Å². The second-order valence-electron chi connectivity index (χ2n) is 9.76. The van der Waals surface area contributed by atoms with Gasteiger partial charge in [-0.3, -0.25) is 14.5 Å². The molecule has 4 aromatic rings. The van der Waals surface area contributed by atoms with Gasteiger partial charge in [0.2, 0.25) is 0 Å². The maximum atomic E-state index is 13.4. The number of nitrogens with zero attached hydrogens (tertiary/aromatic N) is 5. The van der Waals surface area contributed by atoms with Crippen LogP contribution in [0.25, 0.3) is 22.3 Å². The summed E-state index contributed by atoms with van der Waals surface area (Å²) in [7, 11) is 0. The first kappa shape index (κ1) is 27.2. The monoisotopic (exact) mass is 563 g/mol. The minimum absolute atomic E-state index is 0.00682. The number of amides is 1. The van der Waals surface area contributed by atoms with Gasteiger partial charge in [-0.2, -0.15) is 0 Å². The molecule has 0 aliphatic carbocycles. The Bertz CT molecular complexity index is 1480. The number of aryl methyl sites for hydroxylation is 2. The summed E-state index contributed by atoms with van der Waals surface area (Å²) in [6.07, 6.45) is 1.94. The van der Waals surface area contributed by atoms with Crippen molar-refractivity contribution in [1.29, 1.82) is 0 Å². The summed E-state index contributed by atoms with van der Waals surface area (Å²) in [6.45, 7) is 5.76. The Morgan fingerprint density at radius 3 is 2.44 bits per heavy atom. The molecule has 2 aromatic heterocycles. The van der Waals surface area contributed by atoms with Crippen molar-refractivity contribution in [3.05, 3.63) is 74.8 Å². The van der Waals surface area contributed by atoms with Crippen LogP contribution in [0.4, 0.5) is 0 Å². The number of rotatable bonds is 9. The molecule has 1 saturated heterocycles. The number of carbonyl (C=O) groups is 2. The number of aliphatic carboxylic acids is 1. The molecule has 3 heterocycles. The lowest BCUT2D eigenvalue weighted by Gasteiger charge is -2.34. The van der Waals surface area contributed by atoms with Gasteiger partial charge in [0, 0.05) is 60.7 Å². The molecule has 1 aliphatic heterocycles. The number of halogens is 1. The van der Waals surface area contributed by atoms with Gasteiger partial charge in [-0.1, -0.05) is 23.7 Å². The van der Waals surface area contributed by atoms with Crippen LogP contribution < -0.4 is 0 Å². The molecule has 5 rings (SSSR count). The molecular weight excluding hydrogens is 534 g/mol. The van der Waals surface area contributed by atoms with E-state index in [2.05, 4.69) is 15.3 Å². The number of thiazole rings is 1. The van der Waals surface area contributed by atoms with E-state index in [0.29, 0.717) is 54.0 Å². The van der Waals surface area contributed by atoms with Crippen molar-refractivity contribution in [1.82, 2.24) is 24.8 Å². The third-order valence-electron chi connectivity index (χ3n) is 6.87. The second kappa shape index (κ2) is 12.2. The summed E-state index contributed by atoms with van der Waals surface area (Å²) in [6, 6.07) is 12.9. The molecule has 1 fully saturated rings. The number of carbonyl (C=O) groups excluding carboxylic acids is 1. The topological polar surface area (TPSA) is 99.5 Å². The van der Waals surface area contributed by atoms with Gasteiger partial charge in [-0.15, -0.1) is 11.3 Å². The van der Waals surface area contributed by atoms with Crippen LogP contribution in [0.3, 0.4) is 0 Å². The summed E-state index contributed by atoms with van der Waals surface area (Å²) in [5, 5.41) is 12.8. The molecule has 0 saturated carbocycles. The van der Waals surface area contributed by atoms with Crippen LogP contribution in [-0.2, 0) is 17.8 Å². The molecule has 1 amide bonds. The van der Waals surface area contributed by atoms with Crippen LogP contribution in [0.2, 0.25) is 5.02 Å². The molecule has 10 heteroatoms. The van der Waals surface area contributed by atoms with E-state index in [1.165, 1.54) is 0 Å².